The number of hydrogen-bond donors (Lipinski definition) is 3. The number of amides is 2. The second-order valence-electron chi connectivity index (χ2n) is 8.25. The number of aliphatic hydroxyl groups is 2. The van der Waals surface area contributed by atoms with Gasteiger partial charge < -0.3 is 25.3 Å². The molecule has 178 valence electrons. The Morgan fingerprint density at radius 3 is 2.52 bits per heavy atom. The molecular weight excluding hydrogens is 453 g/mol. The molecule has 2 saturated heterocycles. The van der Waals surface area contributed by atoms with Crippen LogP contribution in [-0.2, 0) is 16.1 Å². The van der Waals surface area contributed by atoms with Crippen LogP contribution in [0.3, 0.4) is 0 Å². The average Bonchev–Trinajstić information content (AvgIpc) is 2.83. The first-order valence-corrected chi connectivity index (χ1v) is 10.1. The van der Waals surface area contributed by atoms with Gasteiger partial charge in [0, 0.05) is 43.4 Å². The van der Waals surface area contributed by atoms with Gasteiger partial charge in [-0.1, -0.05) is 0 Å². The number of nitrogens with zero attached hydrogens (tertiary/aromatic N) is 2. The van der Waals surface area contributed by atoms with Crippen LogP contribution in [0.15, 0.2) is 35.4 Å². The van der Waals surface area contributed by atoms with Gasteiger partial charge in [-0.2, -0.15) is 0 Å². The standard InChI is InChI=1S/C21H20F5N3O4/c1-9-21(25,26)3-2-11-7-28(9)20(33)16-18(31)17(30)13(8-29(11)16)19(32)27-6-12-14(23)4-10(22)5-15(12)24/h4-5,8-9,11,17,30-31H,2-3,6-7H2,1H3,(H,27,32)/t9-,11-,17?/m0/s1. The van der Waals surface area contributed by atoms with Crippen LogP contribution in [0.4, 0.5) is 22.0 Å². The molecule has 2 amide bonds. The second kappa shape index (κ2) is 8.01. The zero-order chi connectivity index (χ0) is 24.2. The second-order valence-corrected chi connectivity index (χ2v) is 8.25. The lowest BCUT2D eigenvalue weighted by Gasteiger charge is -2.44. The number of carbonyl (C=O) groups is 2. The van der Waals surface area contributed by atoms with Crippen LogP contribution in [0.1, 0.15) is 25.3 Å². The maximum atomic E-state index is 14.4. The Kier molecular flexibility index (Phi) is 5.59. The molecule has 12 heteroatoms. The number of alkyl halides is 2. The van der Waals surface area contributed by atoms with Crippen LogP contribution >= 0.6 is 0 Å². The van der Waals surface area contributed by atoms with Crippen molar-refractivity contribution >= 4 is 11.8 Å². The third-order valence-electron chi connectivity index (χ3n) is 6.28. The summed E-state index contributed by atoms with van der Waals surface area (Å²) in [6, 6.07) is -1.25. The van der Waals surface area contributed by atoms with Gasteiger partial charge in [-0.05, 0) is 13.3 Å². The molecule has 7 nitrogen and oxygen atoms in total. The van der Waals surface area contributed by atoms with E-state index in [4.69, 9.17) is 0 Å². The molecule has 3 heterocycles. The lowest BCUT2D eigenvalue weighted by atomic mass is 9.97. The molecule has 3 N–H and O–H groups in total. The van der Waals surface area contributed by atoms with Gasteiger partial charge in [0.1, 0.15) is 29.3 Å². The van der Waals surface area contributed by atoms with Crippen molar-refractivity contribution in [1.82, 2.24) is 15.1 Å². The summed E-state index contributed by atoms with van der Waals surface area (Å²) in [6.07, 6.45) is -1.50. The van der Waals surface area contributed by atoms with Crippen LogP contribution in [0, 0.1) is 17.5 Å². The minimum absolute atomic E-state index is 0.0641. The number of rotatable bonds is 3. The van der Waals surface area contributed by atoms with Crippen molar-refractivity contribution < 1.29 is 41.8 Å². The van der Waals surface area contributed by atoms with Crippen molar-refractivity contribution in [3.05, 3.63) is 58.4 Å². The third-order valence-corrected chi connectivity index (χ3v) is 6.28. The first-order valence-electron chi connectivity index (χ1n) is 10.1. The van der Waals surface area contributed by atoms with Gasteiger partial charge in [0.2, 0.25) is 0 Å². The molecule has 1 unspecified atom stereocenters. The predicted octanol–water partition coefficient (Wildman–Crippen LogP) is 2.08. The number of carbonyl (C=O) groups excluding carboxylic acids is 2. The number of nitrogens with one attached hydrogen (secondary N) is 1. The van der Waals surface area contributed by atoms with Gasteiger partial charge in [-0.15, -0.1) is 0 Å². The van der Waals surface area contributed by atoms with Crippen molar-refractivity contribution in [3.8, 4) is 0 Å². The Balaban J connectivity index is 1.61. The smallest absolute Gasteiger partial charge is 0.274 e. The predicted molar refractivity (Wildman–Crippen MR) is 103 cm³/mol. The molecule has 1 aromatic rings. The van der Waals surface area contributed by atoms with E-state index in [0.29, 0.717) is 12.1 Å². The minimum Gasteiger partial charge on any atom is -0.507 e. The van der Waals surface area contributed by atoms with Crippen LogP contribution in [0.25, 0.3) is 0 Å². The Labute approximate surface area is 184 Å². The molecule has 4 rings (SSSR count). The number of benzene rings is 1. The fourth-order valence-corrected chi connectivity index (χ4v) is 4.29. The van der Waals surface area contributed by atoms with Gasteiger partial charge in [-0.25, -0.2) is 22.0 Å². The lowest BCUT2D eigenvalue weighted by molar-refractivity contribution is -0.143. The monoisotopic (exact) mass is 473 g/mol. The largest absolute Gasteiger partial charge is 0.507 e. The summed E-state index contributed by atoms with van der Waals surface area (Å²) in [5, 5.41) is 23.1. The van der Waals surface area contributed by atoms with E-state index in [0.717, 1.165) is 11.1 Å². The van der Waals surface area contributed by atoms with E-state index in [2.05, 4.69) is 5.32 Å². The highest BCUT2D eigenvalue weighted by atomic mass is 19.3. The summed E-state index contributed by atoms with van der Waals surface area (Å²) in [6.45, 7) is 0.424. The van der Waals surface area contributed by atoms with E-state index in [-0.39, 0.29) is 13.0 Å². The lowest BCUT2D eigenvalue weighted by Crippen LogP contribution is -2.58. The van der Waals surface area contributed by atoms with E-state index in [1.807, 2.05) is 0 Å². The maximum absolute atomic E-state index is 14.4. The number of hydrogen-bond acceptors (Lipinski definition) is 5. The Hall–Kier alpha value is -3.15. The fraction of sp³-hybridized carbons (Fsp3) is 0.429. The summed E-state index contributed by atoms with van der Waals surface area (Å²) in [5.41, 5.74) is -1.49. The molecule has 2 fully saturated rings. The Bertz CT molecular complexity index is 1070. The van der Waals surface area contributed by atoms with Crippen molar-refractivity contribution in [3.63, 3.8) is 0 Å². The number of fused-ring (bicyclic) bond motifs is 4. The Morgan fingerprint density at radius 2 is 1.88 bits per heavy atom. The molecule has 3 aliphatic rings. The zero-order valence-corrected chi connectivity index (χ0v) is 17.3. The van der Waals surface area contributed by atoms with Crippen molar-refractivity contribution in [2.24, 2.45) is 0 Å². The summed E-state index contributed by atoms with van der Waals surface area (Å²) in [5.74, 6) is -9.60. The maximum Gasteiger partial charge on any atom is 0.274 e. The third kappa shape index (κ3) is 3.81. The summed E-state index contributed by atoms with van der Waals surface area (Å²) in [4.78, 5) is 27.6. The molecule has 2 bridgehead atoms. The number of halogens is 5. The molecule has 33 heavy (non-hydrogen) atoms. The van der Waals surface area contributed by atoms with Crippen LogP contribution in [0.2, 0.25) is 0 Å². The average molecular weight is 473 g/mol. The zero-order valence-electron chi connectivity index (χ0n) is 17.3. The van der Waals surface area contributed by atoms with Crippen molar-refractivity contribution in [2.75, 3.05) is 6.54 Å². The van der Waals surface area contributed by atoms with Crippen LogP contribution < -0.4 is 5.32 Å². The molecular formula is C21H20F5N3O4. The molecule has 0 aromatic heterocycles. The van der Waals surface area contributed by atoms with Crippen molar-refractivity contribution in [1.29, 1.82) is 0 Å². The van der Waals surface area contributed by atoms with Crippen molar-refractivity contribution in [2.45, 2.75) is 50.4 Å². The molecule has 0 radical (unpaired) electrons. The van der Waals surface area contributed by atoms with Crippen LogP contribution in [0.5, 0.6) is 0 Å². The first kappa shape index (κ1) is 23.0. The molecule has 0 aliphatic carbocycles. The highest BCUT2D eigenvalue weighted by molar-refractivity contribution is 5.99. The van der Waals surface area contributed by atoms with E-state index in [1.54, 1.807) is 0 Å². The molecule has 3 aliphatic heterocycles. The normalized spacial score (nSPS) is 26.6. The summed E-state index contributed by atoms with van der Waals surface area (Å²) < 4.78 is 69.5. The molecule has 0 saturated carbocycles. The van der Waals surface area contributed by atoms with E-state index in [9.17, 15) is 41.8 Å². The Morgan fingerprint density at radius 1 is 1.24 bits per heavy atom. The summed E-state index contributed by atoms with van der Waals surface area (Å²) >= 11 is 0. The molecule has 1 aromatic carbocycles. The minimum atomic E-state index is -3.17. The van der Waals surface area contributed by atoms with E-state index >= 15 is 0 Å². The van der Waals surface area contributed by atoms with Gasteiger partial charge in [0.05, 0.1) is 17.7 Å². The highest BCUT2D eigenvalue weighted by Crippen LogP contribution is 2.40. The quantitative estimate of drug-likeness (QED) is 0.585. The molecule has 0 spiro atoms. The van der Waals surface area contributed by atoms with E-state index in [1.165, 1.54) is 11.8 Å². The highest BCUT2D eigenvalue weighted by Gasteiger charge is 2.52. The SMILES string of the molecule is C[C@@H]1N2C[C@H](CCC1(F)F)N1C=C(C(=O)NCc3c(F)cc(F)cc3F)C(O)C(O)=C1C2=O. The first-order chi connectivity index (χ1) is 15.4. The number of piperazine rings is 1. The number of aliphatic hydroxyl groups excluding tert-OH is 2. The fourth-order valence-electron chi connectivity index (χ4n) is 4.29. The van der Waals surface area contributed by atoms with E-state index < -0.39 is 88.9 Å². The van der Waals surface area contributed by atoms with Gasteiger partial charge >= 0.3 is 0 Å². The topological polar surface area (TPSA) is 93.1 Å². The van der Waals surface area contributed by atoms with Gasteiger partial charge in [-0.3, -0.25) is 9.59 Å². The molecule has 3 atom stereocenters. The summed E-state index contributed by atoms with van der Waals surface area (Å²) in [7, 11) is 0. The van der Waals surface area contributed by atoms with Gasteiger partial charge in [0.25, 0.3) is 17.7 Å². The van der Waals surface area contributed by atoms with Gasteiger partial charge in [0.15, 0.2) is 5.76 Å². The van der Waals surface area contributed by atoms with Crippen LogP contribution in [-0.4, -0.2) is 62.5 Å².